The third-order valence-corrected chi connectivity index (χ3v) is 25.2. The summed E-state index contributed by atoms with van der Waals surface area (Å²) in [6, 6.07) is 162. The summed E-state index contributed by atoms with van der Waals surface area (Å²) in [5.74, 6) is 0. The van der Waals surface area contributed by atoms with Crippen molar-refractivity contribution in [2.75, 3.05) is 9.80 Å². The lowest BCUT2D eigenvalue weighted by Crippen LogP contribution is -2.28. The Balaban J connectivity index is 0.680. The van der Waals surface area contributed by atoms with Gasteiger partial charge in [0.1, 0.15) is 11.2 Å². The van der Waals surface area contributed by atoms with Gasteiger partial charge in [0.15, 0.2) is 0 Å². The molecule has 2 aliphatic carbocycles. The van der Waals surface area contributed by atoms with E-state index in [1.807, 2.05) is 17.4 Å². The number of nitrogens with zero attached hydrogens (tertiary/aromatic N) is 2. The largest absolute Gasteiger partial charge is 0.456 e. The number of hydrogen-bond donors (Lipinski definition) is 0. The third-order valence-electron chi connectivity index (χ3n) is 24.0. The monoisotopic (exact) mass is 1470 g/mol. The number of para-hydroxylation sites is 1. The number of hydrogen-bond acceptors (Lipinski definition) is 4. The van der Waals surface area contributed by atoms with Gasteiger partial charge in [-0.3, -0.25) is 0 Å². The highest BCUT2D eigenvalue weighted by Gasteiger charge is 2.48. The van der Waals surface area contributed by atoms with Gasteiger partial charge in [-0.2, -0.15) is 0 Å². The van der Waals surface area contributed by atoms with Gasteiger partial charge < -0.3 is 14.2 Å². The van der Waals surface area contributed by atoms with Crippen LogP contribution in [0.4, 0.5) is 34.1 Å². The molecule has 0 atom stereocenters. The first-order valence-corrected chi connectivity index (χ1v) is 40.1. The molecule has 0 N–H and O–H groups in total. The molecule has 2 aliphatic rings. The number of furan rings is 1. The maximum absolute atomic E-state index is 6.56. The number of benzene rings is 18. The first-order chi connectivity index (χ1) is 56.5. The van der Waals surface area contributed by atoms with Crippen molar-refractivity contribution in [1.29, 1.82) is 0 Å². The molecule has 0 spiro atoms. The average Bonchev–Trinajstić information content (AvgIpc) is 1.53. The predicted molar refractivity (Wildman–Crippen MR) is 478 cm³/mol. The minimum absolute atomic E-state index is 0.595. The molecule has 0 unspecified atom stereocenters. The fourth-order valence-corrected chi connectivity index (χ4v) is 20.3. The van der Waals surface area contributed by atoms with Gasteiger partial charge in [-0.1, -0.05) is 352 Å². The van der Waals surface area contributed by atoms with Crippen LogP contribution in [0.5, 0.6) is 0 Å². The Morgan fingerprint density at radius 3 is 1.08 bits per heavy atom. The van der Waals surface area contributed by atoms with E-state index in [1.165, 1.54) is 98.1 Å². The maximum Gasteiger partial charge on any atom is 0.135 e. The molecule has 534 valence electrons. The molecular weight excluding hydrogens is 1400 g/mol. The summed E-state index contributed by atoms with van der Waals surface area (Å²) in [6.07, 6.45) is 0. The summed E-state index contributed by atoms with van der Waals surface area (Å²) in [5, 5.41) is 4.59. The van der Waals surface area contributed by atoms with Crippen molar-refractivity contribution >= 4 is 87.6 Å². The lowest BCUT2D eigenvalue weighted by molar-refractivity contribution is 0.669. The van der Waals surface area contributed by atoms with E-state index in [1.54, 1.807) is 0 Å². The summed E-state index contributed by atoms with van der Waals surface area (Å²) in [4.78, 5) is 5.02. The molecule has 4 heteroatoms. The summed E-state index contributed by atoms with van der Waals surface area (Å²) < 4.78 is 9.03. The summed E-state index contributed by atoms with van der Waals surface area (Å²) in [5.41, 5.74) is 33.3. The molecule has 3 nitrogen and oxygen atoms in total. The Bertz CT molecular complexity index is 7000. The van der Waals surface area contributed by atoms with Crippen molar-refractivity contribution in [1.82, 2.24) is 0 Å². The summed E-state index contributed by atoms with van der Waals surface area (Å²) in [7, 11) is 0. The van der Waals surface area contributed by atoms with Gasteiger partial charge in [0.05, 0.1) is 22.2 Å². The minimum Gasteiger partial charge on any atom is -0.456 e. The molecule has 2 aromatic heterocycles. The molecule has 0 saturated carbocycles. The second kappa shape index (κ2) is 27.3. The van der Waals surface area contributed by atoms with E-state index in [4.69, 9.17) is 4.42 Å². The second-order valence-corrected chi connectivity index (χ2v) is 31.1. The maximum atomic E-state index is 6.56. The Labute approximate surface area is 667 Å². The fourth-order valence-electron chi connectivity index (χ4n) is 19.1. The van der Waals surface area contributed by atoms with Crippen molar-refractivity contribution in [3.63, 3.8) is 0 Å². The van der Waals surface area contributed by atoms with Crippen molar-refractivity contribution in [2.24, 2.45) is 0 Å². The molecule has 0 aliphatic heterocycles. The number of fused-ring (bicyclic) bond motifs is 12. The zero-order valence-electron chi connectivity index (χ0n) is 62.3. The Morgan fingerprint density at radius 2 is 0.570 bits per heavy atom. The van der Waals surface area contributed by atoms with Crippen molar-refractivity contribution in [2.45, 2.75) is 10.8 Å². The molecule has 0 saturated heterocycles. The van der Waals surface area contributed by atoms with Gasteiger partial charge in [0.25, 0.3) is 0 Å². The topological polar surface area (TPSA) is 19.6 Å². The zero-order chi connectivity index (χ0) is 75.3. The first kappa shape index (κ1) is 66.6. The van der Waals surface area contributed by atoms with Gasteiger partial charge >= 0.3 is 0 Å². The SMILES string of the molecule is c1ccc(-c2cccc(N(c3ccc4c(c3)C(c3ccccc3)(c3ccccc3)c3ccccc3-4)c3ccc4sc5cc(-c6ccc(-c7cccc(N(c8ccc9c(c8)C(c8ccccc8)(c8ccccc8)c8ccccc8-9)c8ccc9oc%10ccccc%10c9c8)c7-c7ccccc7)cc6)ccc5c4c3)c2-c2ccccc2)cc1. The molecule has 20 aromatic rings. The highest BCUT2D eigenvalue weighted by atomic mass is 32.1. The van der Waals surface area contributed by atoms with Crippen LogP contribution in [-0.2, 0) is 10.8 Å². The normalized spacial score (nSPS) is 12.9. The Kier molecular flexibility index (Phi) is 15.9. The van der Waals surface area contributed by atoms with Crippen LogP contribution in [0.15, 0.2) is 441 Å². The van der Waals surface area contributed by atoms with Gasteiger partial charge in [0, 0.05) is 64.8 Å². The van der Waals surface area contributed by atoms with Crippen LogP contribution in [0.2, 0.25) is 0 Å². The summed E-state index contributed by atoms with van der Waals surface area (Å²) in [6.45, 7) is 0. The molecular formula is C110H72N2OS. The van der Waals surface area contributed by atoms with Crippen LogP contribution < -0.4 is 9.80 Å². The molecule has 2 heterocycles. The number of rotatable bonds is 15. The van der Waals surface area contributed by atoms with Crippen LogP contribution in [-0.4, -0.2) is 0 Å². The average molecular weight is 1470 g/mol. The van der Waals surface area contributed by atoms with Crippen molar-refractivity contribution in [3.8, 4) is 77.9 Å². The molecule has 22 rings (SSSR count). The number of thiophene rings is 1. The van der Waals surface area contributed by atoms with E-state index >= 15 is 0 Å². The Morgan fingerprint density at radius 1 is 0.202 bits per heavy atom. The fraction of sp³-hybridized carbons (Fsp3) is 0.0182. The van der Waals surface area contributed by atoms with Gasteiger partial charge in [-0.05, 0) is 196 Å². The van der Waals surface area contributed by atoms with Gasteiger partial charge in [0.2, 0.25) is 0 Å². The summed E-state index contributed by atoms with van der Waals surface area (Å²) >= 11 is 1.86. The highest BCUT2D eigenvalue weighted by Crippen LogP contribution is 2.61. The van der Waals surface area contributed by atoms with Crippen LogP contribution >= 0.6 is 11.3 Å². The third kappa shape index (κ3) is 10.6. The number of anilines is 6. The standard InChI is InChI=1S/C110H72N2OS/c1-8-30-74(31-9-1)87-47-28-51-101(107(87)76-32-10-2-11-33-76)112(86-60-65-92-90-45-23-26-50-98(90)110(100(92)72-86,81-40-18-6-19-41-81)82-42-20-7-21-43-82)84-62-67-105-96(70-84)94-63-58-78(68-106(94)114-105)73-54-56-75(57-55-73)88-48-29-52-102(108(88)77-34-12-3-13-35-77)111(83-61-66-104-95(69-83)93-46-24-27-53-103(93)113-104)85-59-64-91-89-44-22-25-49-97(89)109(99(91)71-85,79-36-14-4-15-37-79)80-38-16-5-17-39-80/h1-72H. The molecule has 18 aromatic carbocycles. The first-order valence-electron chi connectivity index (χ1n) is 39.3. The zero-order valence-corrected chi connectivity index (χ0v) is 63.1. The van der Waals surface area contributed by atoms with E-state index < -0.39 is 10.8 Å². The van der Waals surface area contributed by atoms with E-state index in [2.05, 4.69) is 441 Å². The second-order valence-electron chi connectivity index (χ2n) is 30.0. The van der Waals surface area contributed by atoms with Crippen molar-refractivity contribution in [3.05, 3.63) is 481 Å². The Hall–Kier alpha value is -14.4. The van der Waals surface area contributed by atoms with Gasteiger partial charge in [-0.15, -0.1) is 11.3 Å². The molecule has 0 radical (unpaired) electrons. The van der Waals surface area contributed by atoms with Crippen LogP contribution in [0.25, 0.3) is 120 Å². The van der Waals surface area contributed by atoms with Crippen LogP contribution in [0.3, 0.4) is 0 Å². The highest BCUT2D eigenvalue weighted by molar-refractivity contribution is 7.25. The predicted octanol–water partition coefficient (Wildman–Crippen LogP) is 30.0. The smallest absolute Gasteiger partial charge is 0.135 e. The molecule has 114 heavy (non-hydrogen) atoms. The molecule has 0 amide bonds. The molecule has 0 fully saturated rings. The van der Waals surface area contributed by atoms with E-state index in [9.17, 15) is 0 Å². The van der Waals surface area contributed by atoms with Crippen LogP contribution in [0.1, 0.15) is 44.5 Å². The van der Waals surface area contributed by atoms with Crippen LogP contribution in [0, 0.1) is 0 Å². The van der Waals surface area contributed by atoms with Crippen molar-refractivity contribution < 1.29 is 4.42 Å². The lowest BCUT2D eigenvalue weighted by atomic mass is 9.67. The quantitative estimate of drug-likeness (QED) is 0.102. The van der Waals surface area contributed by atoms with E-state index in [0.29, 0.717) is 0 Å². The van der Waals surface area contributed by atoms with E-state index in [0.717, 1.165) is 101 Å². The van der Waals surface area contributed by atoms with E-state index in [-0.39, 0.29) is 0 Å². The minimum atomic E-state index is -0.607. The molecule has 0 bridgehead atoms. The van der Waals surface area contributed by atoms with Gasteiger partial charge in [-0.25, -0.2) is 0 Å². The lowest BCUT2D eigenvalue weighted by Gasteiger charge is -2.35.